The highest BCUT2D eigenvalue weighted by Gasteiger charge is 2.60. The normalized spacial score (nSPS) is 34.1. The smallest absolute Gasteiger partial charge is 0.240 e. The van der Waals surface area contributed by atoms with Gasteiger partial charge < -0.3 is 4.74 Å². The number of carbonyl (C=O) groups is 2. The second-order valence-electron chi connectivity index (χ2n) is 5.53. The number of ether oxygens (including phenoxy) is 1. The molecule has 0 N–H and O–H groups in total. The molecule has 1 aromatic rings. The Kier molecular flexibility index (Phi) is 2.39. The maximum absolute atomic E-state index is 12.5. The fourth-order valence-corrected chi connectivity index (χ4v) is 3.44. The number of aryl methyl sites for hydroxylation is 1. The molecule has 2 saturated heterocycles. The van der Waals surface area contributed by atoms with Gasteiger partial charge in [-0.1, -0.05) is 31.2 Å². The van der Waals surface area contributed by atoms with E-state index in [1.807, 2.05) is 36.4 Å². The summed E-state index contributed by atoms with van der Waals surface area (Å²) in [7, 11) is 0. The molecular weight excluding hydrogens is 254 g/mol. The summed E-state index contributed by atoms with van der Waals surface area (Å²) in [5.74, 6) is -0.908. The molecule has 0 aromatic heterocycles. The van der Waals surface area contributed by atoms with E-state index in [0.29, 0.717) is 5.69 Å². The minimum Gasteiger partial charge on any atom is -0.365 e. The Morgan fingerprint density at radius 3 is 2.05 bits per heavy atom. The third-order valence-corrected chi connectivity index (χ3v) is 4.51. The second kappa shape index (κ2) is 4.03. The minimum atomic E-state index is -0.330. The predicted molar refractivity (Wildman–Crippen MR) is 73.1 cm³/mol. The lowest BCUT2D eigenvalue weighted by molar-refractivity contribution is -0.124. The Morgan fingerprint density at radius 2 is 1.55 bits per heavy atom. The number of hydrogen-bond donors (Lipinski definition) is 0. The maximum atomic E-state index is 12.5. The summed E-state index contributed by atoms with van der Waals surface area (Å²) in [6.45, 7) is 2.08. The van der Waals surface area contributed by atoms with E-state index in [0.717, 1.165) is 6.42 Å². The van der Waals surface area contributed by atoms with E-state index in [4.69, 9.17) is 4.74 Å². The second-order valence-corrected chi connectivity index (χ2v) is 5.53. The van der Waals surface area contributed by atoms with Gasteiger partial charge >= 0.3 is 0 Å². The van der Waals surface area contributed by atoms with Crippen LogP contribution in [0.1, 0.15) is 12.5 Å². The van der Waals surface area contributed by atoms with Gasteiger partial charge in [-0.3, -0.25) is 9.59 Å². The van der Waals surface area contributed by atoms with Crippen molar-refractivity contribution in [3.63, 3.8) is 0 Å². The average molecular weight is 269 g/mol. The fraction of sp³-hybridized carbons (Fsp3) is 0.375. The first kappa shape index (κ1) is 11.9. The number of anilines is 1. The zero-order valence-electron chi connectivity index (χ0n) is 11.2. The van der Waals surface area contributed by atoms with Crippen LogP contribution in [0, 0.1) is 11.8 Å². The molecule has 4 unspecified atom stereocenters. The molecule has 102 valence electrons. The largest absolute Gasteiger partial charge is 0.365 e. The van der Waals surface area contributed by atoms with Gasteiger partial charge in [-0.15, -0.1) is 0 Å². The summed E-state index contributed by atoms with van der Waals surface area (Å²) in [5, 5.41) is 0. The molecule has 20 heavy (non-hydrogen) atoms. The monoisotopic (exact) mass is 269 g/mol. The van der Waals surface area contributed by atoms with Gasteiger partial charge in [0.2, 0.25) is 11.8 Å². The van der Waals surface area contributed by atoms with Gasteiger partial charge in [0.25, 0.3) is 0 Å². The first-order valence-corrected chi connectivity index (χ1v) is 7.01. The summed E-state index contributed by atoms with van der Waals surface area (Å²) in [4.78, 5) is 26.4. The van der Waals surface area contributed by atoms with Crippen molar-refractivity contribution >= 4 is 17.5 Å². The Morgan fingerprint density at radius 1 is 1.00 bits per heavy atom. The quantitative estimate of drug-likeness (QED) is 0.606. The lowest BCUT2D eigenvalue weighted by atomic mass is 9.85. The van der Waals surface area contributed by atoms with E-state index in [1.165, 1.54) is 10.5 Å². The van der Waals surface area contributed by atoms with Crippen molar-refractivity contribution in [1.82, 2.24) is 0 Å². The summed E-state index contributed by atoms with van der Waals surface area (Å²) in [6, 6.07) is 7.64. The fourth-order valence-electron chi connectivity index (χ4n) is 3.44. The molecule has 4 atom stereocenters. The van der Waals surface area contributed by atoms with E-state index in [2.05, 4.69) is 6.92 Å². The highest BCUT2D eigenvalue weighted by atomic mass is 16.5. The first-order chi connectivity index (χ1) is 9.70. The average Bonchev–Trinajstić information content (AvgIpc) is 3.14. The molecular formula is C16H15NO3. The van der Waals surface area contributed by atoms with Gasteiger partial charge in [0.15, 0.2) is 0 Å². The Balaban J connectivity index is 1.70. The maximum Gasteiger partial charge on any atom is 0.240 e. The third-order valence-electron chi connectivity index (χ3n) is 4.51. The van der Waals surface area contributed by atoms with Gasteiger partial charge in [-0.05, 0) is 24.1 Å². The van der Waals surface area contributed by atoms with Crippen LogP contribution in [0.4, 0.5) is 5.69 Å². The van der Waals surface area contributed by atoms with Crippen LogP contribution in [0.3, 0.4) is 0 Å². The van der Waals surface area contributed by atoms with Gasteiger partial charge in [0, 0.05) is 0 Å². The van der Waals surface area contributed by atoms with E-state index >= 15 is 0 Å². The number of imide groups is 1. The number of carbonyl (C=O) groups excluding carboxylic acids is 2. The summed E-state index contributed by atoms with van der Waals surface area (Å²) < 4.78 is 5.62. The van der Waals surface area contributed by atoms with Gasteiger partial charge in [-0.25, -0.2) is 4.90 Å². The SMILES string of the molecule is CCc1ccc(N2C(=O)C3C4C=CC(O4)C3C2=O)cc1. The molecule has 3 aliphatic rings. The zero-order chi connectivity index (χ0) is 13.9. The molecule has 2 amide bonds. The molecule has 0 saturated carbocycles. The summed E-state index contributed by atoms with van der Waals surface area (Å²) >= 11 is 0. The molecule has 4 heteroatoms. The van der Waals surface area contributed by atoms with Crippen LogP contribution in [0.5, 0.6) is 0 Å². The number of nitrogens with zero attached hydrogens (tertiary/aromatic N) is 1. The van der Waals surface area contributed by atoms with Gasteiger partial charge in [0.1, 0.15) is 0 Å². The molecule has 0 spiro atoms. The Hall–Kier alpha value is -1.94. The van der Waals surface area contributed by atoms with Gasteiger partial charge in [0.05, 0.1) is 29.7 Å². The number of benzene rings is 1. The first-order valence-electron chi connectivity index (χ1n) is 7.01. The zero-order valence-corrected chi connectivity index (χ0v) is 11.2. The van der Waals surface area contributed by atoms with Crippen molar-refractivity contribution < 1.29 is 14.3 Å². The number of rotatable bonds is 2. The van der Waals surface area contributed by atoms with Crippen LogP contribution in [-0.4, -0.2) is 24.0 Å². The Bertz CT molecular complexity index is 589. The van der Waals surface area contributed by atoms with E-state index < -0.39 is 0 Å². The molecule has 2 bridgehead atoms. The summed E-state index contributed by atoms with van der Waals surface area (Å²) in [6.07, 6.45) is 4.30. The standard InChI is InChI=1S/C16H15NO3/c1-2-9-3-5-10(6-4-9)17-15(18)13-11-7-8-12(20-11)14(13)16(17)19/h3-8,11-14H,2H2,1H3. The molecule has 3 heterocycles. The molecule has 4 nitrogen and oxygen atoms in total. The van der Waals surface area contributed by atoms with E-state index in [1.54, 1.807) is 0 Å². The van der Waals surface area contributed by atoms with Crippen molar-refractivity contribution in [3.05, 3.63) is 42.0 Å². The lowest BCUT2D eigenvalue weighted by Gasteiger charge is -2.17. The molecule has 2 fully saturated rings. The highest BCUT2D eigenvalue weighted by Crippen LogP contribution is 2.46. The minimum absolute atomic E-state index is 0.124. The van der Waals surface area contributed by atoms with Crippen LogP contribution in [0.2, 0.25) is 0 Å². The van der Waals surface area contributed by atoms with Crippen LogP contribution in [-0.2, 0) is 20.7 Å². The van der Waals surface area contributed by atoms with Crippen LogP contribution in [0.15, 0.2) is 36.4 Å². The number of fused-ring (bicyclic) bond motifs is 5. The number of amides is 2. The topological polar surface area (TPSA) is 46.6 Å². The van der Waals surface area contributed by atoms with Crippen LogP contribution in [0.25, 0.3) is 0 Å². The molecule has 0 aliphatic carbocycles. The van der Waals surface area contributed by atoms with E-state index in [-0.39, 0.29) is 35.9 Å². The Labute approximate surface area is 117 Å². The number of hydrogen-bond acceptors (Lipinski definition) is 3. The third kappa shape index (κ3) is 1.40. The van der Waals surface area contributed by atoms with Crippen molar-refractivity contribution in [1.29, 1.82) is 0 Å². The highest BCUT2D eigenvalue weighted by molar-refractivity contribution is 6.23. The van der Waals surface area contributed by atoms with Crippen molar-refractivity contribution in [2.75, 3.05) is 4.90 Å². The van der Waals surface area contributed by atoms with Gasteiger partial charge in [-0.2, -0.15) is 0 Å². The van der Waals surface area contributed by atoms with Crippen LogP contribution < -0.4 is 4.90 Å². The van der Waals surface area contributed by atoms with Crippen molar-refractivity contribution in [3.8, 4) is 0 Å². The lowest BCUT2D eigenvalue weighted by Crippen LogP contribution is -2.34. The van der Waals surface area contributed by atoms with Crippen molar-refractivity contribution in [2.45, 2.75) is 25.6 Å². The predicted octanol–water partition coefficient (Wildman–Crippen LogP) is 1.69. The van der Waals surface area contributed by atoms with Crippen LogP contribution >= 0.6 is 0 Å². The molecule has 0 radical (unpaired) electrons. The summed E-state index contributed by atoms with van der Waals surface area (Å²) in [5.41, 5.74) is 1.86. The van der Waals surface area contributed by atoms with E-state index in [9.17, 15) is 9.59 Å². The molecule has 1 aromatic carbocycles. The molecule has 4 rings (SSSR count). The van der Waals surface area contributed by atoms with Crippen molar-refractivity contribution in [2.24, 2.45) is 11.8 Å². The molecule has 3 aliphatic heterocycles.